The number of fused-ring (bicyclic) bond motifs is 1. The van der Waals surface area contributed by atoms with E-state index in [2.05, 4.69) is 20.5 Å². The van der Waals surface area contributed by atoms with Crippen molar-refractivity contribution in [3.8, 4) is 17.3 Å². The Kier molecular flexibility index (Phi) is 3.73. The van der Waals surface area contributed by atoms with Crippen LogP contribution in [0.1, 0.15) is 30.1 Å². The predicted molar refractivity (Wildman–Crippen MR) is 83.2 cm³/mol. The third-order valence-electron chi connectivity index (χ3n) is 4.07. The highest BCUT2D eigenvalue weighted by atomic mass is 16.5. The Morgan fingerprint density at radius 3 is 2.83 bits per heavy atom. The van der Waals surface area contributed by atoms with E-state index in [4.69, 9.17) is 14.0 Å². The lowest BCUT2D eigenvalue weighted by Gasteiger charge is -2.24. The summed E-state index contributed by atoms with van der Waals surface area (Å²) >= 11 is 0. The molecule has 0 N–H and O–H groups in total. The van der Waals surface area contributed by atoms with Gasteiger partial charge in [-0.05, 0) is 17.7 Å². The second-order valence-corrected chi connectivity index (χ2v) is 5.51. The summed E-state index contributed by atoms with van der Waals surface area (Å²) < 4.78 is 18.3. The number of ether oxygens (including phenoxy) is 2. The number of hydrogen-bond acceptors (Lipinski definition) is 7. The topological polar surface area (TPSA) is 88.1 Å². The van der Waals surface area contributed by atoms with Gasteiger partial charge in [-0.2, -0.15) is 4.98 Å². The van der Waals surface area contributed by atoms with Gasteiger partial charge in [0.05, 0.1) is 26.0 Å². The molecule has 1 atom stereocenters. The molecule has 8 nitrogen and oxygen atoms in total. The first-order valence-corrected chi connectivity index (χ1v) is 7.79. The van der Waals surface area contributed by atoms with Crippen molar-refractivity contribution in [2.45, 2.75) is 32.6 Å². The van der Waals surface area contributed by atoms with Gasteiger partial charge in [-0.3, -0.25) is 0 Å². The van der Waals surface area contributed by atoms with Crippen molar-refractivity contribution in [1.29, 1.82) is 0 Å². The van der Waals surface area contributed by atoms with Crippen LogP contribution >= 0.6 is 0 Å². The minimum absolute atomic E-state index is 0.0770. The van der Waals surface area contributed by atoms with Crippen molar-refractivity contribution in [2.75, 3.05) is 7.11 Å². The first kappa shape index (κ1) is 14.8. The van der Waals surface area contributed by atoms with Crippen LogP contribution in [-0.2, 0) is 24.3 Å². The maximum Gasteiger partial charge on any atom is 0.280 e. The van der Waals surface area contributed by atoms with Gasteiger partial charge in [-0.25, -0.2) is 4.68 Å². The predicted octanol–water partition coefficient (Wildman–Crippen LogP) is 2.17. The van der Waals surface area contributed by atoms with Gasteiger partial charge in [0.15, 0.2) is 11.5 Å². The molecule has 1 aromatic carbocycles. The summed E-state index contributed by atoms with van der Waals surface area (Å²) in [6.45, 7) is 2.95. The van der Waals surface area contributed by atoms with Gasteiger partial charge in [0, 0.05) is 6.42 Å². The zero-order valence-corrected chi connectivity index (χ0v) is 13.5. The Hall–Kier alpha value is -2.74. The molecule has 3 aromatic rings. The lowest BCUT2D eigenvalue weighted by atomic mass is 10.1. The summed E-state index contributed by atoms with van der Waals surface area (Å²) in [7, 11) is 1.65. The molecule has 1 aliphatic heterocycles. The van der Waals surface area contributed by atoms with Crippen molar-refractivity contribution in [3.05, 3.63) is 41.3 Å². The van der Waals surface area contributed by atoms with Crippen molar-refractivity contribution in [2.24, 2.45) is 0 Å². The van der Waals surface area contributed by atoms with E-state index >= 15 is 0 Å². The number of hydrogen-bond donors (Lipinski definition) is 0. The molecule has 0 fully saturated rings. The van der Waals surface area contributed by atoms with E-state index in [-0.39, 0.29) is 6.10 Å². The largest absolute Gasteiger partial charge is 0.497 e. The summed E-state index contributed by atoms with van der Waals surface area (Å²) in [5.74, 6) is 1.86. The second-order valence-electron chi connectivity index (χ2n) is 5.51. The van der Waals surface area contributed by atoms with Gasteiger partial charge in [0.25, 0.3) is 5.89 Å². The molecule has 0 spiro atoms. The number of aromatic nitrogens is 5. The molecular weight excluding hydrogens is 310 g/mol. The Balaban J connectivity index is 1.57. The highest BCUT2D eigenvalue weighted by Gasteiger charge is 2.27. The first-order chi connectivity index (χ1) is 11.8. The molecule has 0 saturated heterocycles. The quantitative estimate of drug-likeness (QED) is 0.725. The standard InChI is InChI=1S/C16H17N5O3/c1-3-14-17-16(24-19-14)15-12-9-23-13(8-21(12)20-18-15)10-4-6-11(22-2)7-5-10/h4-7,13H,3,8-9H2,1-2H3. The molecule has 0 bridgehead atoms. The zero-order valence-electron chi connectivity index (χ0n) is 13.5. The van der Waals surface area contributed by atoms with Crippen molar-refractivity contribution >= 4 is 0 Å². The van der Waals surface area contributed by atoms with Crippen molar-refractivity contribution < 1.29 is 14.0 Å². The fourth-order valence-corrected chi connectivity index (χ4v) is 2.69. The van der Waals surface area contributed by atoms with E-state index in [1.165, 1.54) is 0 Å². The molecule has 0 amide bonds. The molecule has 4 rings (SSSR count). The molecule has 2 aromatic heterocycles. The summed E-state index contributed by atoms with van der Waals surface area (Å²) in [4.78, 5) is 4.31. The van der Waals surface area contributed by atoms with Gasteiger partial charge in [-0.15, -0.1) is 5.10 Å². The molecule has 1 aliphatic rings. The number of rotatable bonds is 4. The smallest absolute Gasteiger partial charge is 0.280 e. The van der Waals surface area contributed by atoms with E-state index in [1.807, 2.05) is 35.9 Å². The minimum Gasteiger partial charge on any atom is -0.497 e. The fraction of sp³-hybridized carbons (Fsp3) is 0.375. The lowest BCUT2D eigenvalue weighted by molar-refractivity contribution is -0.00119. The van der Waals surface area contributed by atoms with Crippen LogP contribution in [0.4, 0.5) is 0 Å². The average molecular weight is 327 g/mol. The van der Waals surface area contributed by atoms with Gasteiger partial charge < -0.3 is 14.0 Å². The number of methoxy groups -OCH3 is 1. The van der Waals surface area contributed by atoms with Gasteiger partial charge >= 0.3 is 0 Å². The van der Waals surface area contributed by atoms with Crippen molar-refractivity contribution in [1.82, 2.24) is 25.1 Å². The normalized spacial score (nSPS) is 16.8. The van der Waals surface area contributed by atoms with E-state index < -0.39 is 0 Å². The van der Waals surface area contributed by atoms with E-state index in [0.29, 0.717) is 37.0 Å². The molecule has 1 unspecified atom stereocenters. The van der Waals surface area contributed by atoms with Crippen LogP contribution in [0.2, 0.25) is 0 Å². The van der Waals surface area contributed by atoms with Crippen LogP contribution in [0.25, 0.3) is 11.6 Å². The molecule has 124 valence electrons. The third-order valence-corrected chi connectivity index (χ3v) is 4.07. The zero-order chi connectivity index (χ0) is 16.5. The van der Waals surface area contributed by atoms with E-state index in [9.17, 15) is 0 Å². The molecule has 8 heteroatoms. The molecule has 24 heavy (non-hydrogen) atoms. The highest BCUT2D eigenvalue weighted by molar-refractivity contribution is 5.49. The fourth-order valence-electron chi connectivity index (χ4n) is 2.69. The average Bonchev–Trinajstić information content (AvgIpc) is 3.27. The maximum atomic E-state index is 5.99. The monoisotopic (exact) mass is 327 g/mol. The lowest BCUT2D eigenvalue weighted by Crippen LogP contribution is -2.22. The Bertz CT molecular complexity index is 840. The summed E-state index contributed by atoms with van der Waals surface area (Å²) in [6, 6.07) is 7.84. The maximum absolute atomic E-state index is 5.99. The molecule has 0 radical (unpaired) electrons. The van der Waals surface area contributed by atoms with E-state index in [1.54, 1.807) is 7.11 Å². The van der Waals surface area contributed by atoms with Crippen molar-refractivity contribution in [3.63, 3.8) is 0 Å². The Labute approximate surface area is 138 Å². The van der Waals surface area contributed by atoms with Crippen LogP contribution < -0.4 is 4.74 Å². The van der Waals surface area contributed by atoms with Gasteiger partial charge in [0.1, 0.15) is 11.9 Å². The molecule has 3 heterocycles. The van der Waals surface area contributed by atoms with E-state index in [0.717, 1.165) is 17.0 Å². The summed E-state index contributed by atoms with van der Waals surface area (Å²) in [5.41, 5.74) is 2.52. The number of nitrogens with zero attached hydrogens (tertiary/aromatic N) is 5. The van der Waals surface area contributed by atoms with Gasteiger partial charge in [0.2, 0.25) is 0 Å². The Morgan fingerprint density at radius 1 is 1.29 bits per heavy atom. The third kappa shape index (κ3) is 2.54. The second kappa shape index (κ2) is 6.04. The minimum atomic E-state index is -0.0770. The molecular formula is C16H17N5O3. The molecule has 0 saturated carbocycles. The SMILES string of the molecule is CCc1noc(-c2nnn3c2COC(c2ccc(OC)cc2)C3)n1. The number of aryl methyl sites for hydroxylation is 1. The first-order valence-electron chi connectivity index (χ1n) is 7.79. The Morgan fingerprint density at radius 2 is 2.12 bits per heavy atom. The van der Waals surface area contributed by atoms with Crippen LogP contribution in [-0.4, -0.2) is 32.2 Å². The van der Waals surface area contributed by atoms with Gasteiger partial charge in [-0.1, -0.05) is 29.4 Å². The van der Waals surface area contributed by atoms with Crippen LogP contribution in [0.3, 0.4) is 0 Å². The summed E-state index contributed by atoms with van der Waals surface area (Å²) in [6.07, 6.45) is 0.634. The van der Waals surface area contributed by atoms with Crippen LogP contribution in [0.5, 0.6) is 5.75 Å². The number of benzene rings is 1. The highest BCUT2D eigenvalue weighted by Crippen LogP contribution is 2.30. The summed E-state index contributed by atoms with van der Waals surface area (Å²) in [5, 5.41) is 12.3. The van der Waals surface area contributed by atoms with Crippen LogP contribution in [0.15, 0.2) is 28.8 Å². The molecule has 0 aliphatic carbocycles. The van der Waals surface area contributed by atoms with Crippen LogP contribution in [0, 0.1) is 0 Å².